The third kappa shape index (κ3) is 3.11. The minimum absolute atomic E-state index is 0. The van der Waals surface area contributed by atoms with E-state index in [9.17, 15) is 4.79 Å². The number of nitrogens with one attached hydrogen (secondary N) is 1. The molecule has 0 aliphatic heterocycles. The molecule has 2 fully saturated rings. The quantitative estimate of drug-likeness (QED) is 0.781. The summed E-state index contributed by atoms with van der Waals surface area (Å²) >= 11 is 0. The Balaban J connectivity index is 0.00000128. The lowest BCUT2D eigenvalue weighted by Crippen LogP contribution is -2.46. The smallest absolute Gasteiger partial charge is 0.236 e. The van der Waals surface area contributed by atoms with Crippen LogP contribution in [-0.2, 0) is 4.79 Å². The number of carbonyl (C=O) groups is 1. The third-order valence-corrected chi connectivity index (χ3v) is 4.05. The van der Waals surface area contributed by atoms with Crippen molar-refractivity contribution in [2.24, 2.45) is 17.6 Å². The molecule has 0 aromatic carbocycles. The Bertz CT molecular complexity index is 245. The zero-order valence-corrected chi connectivity index (χ0v) is 10.8. The van der Waals surface area contributed by atoms with E-state index in [1.807, 2.05) is 0 Å². The van der Waals surface area contributed by atoms with Gasteiger partial charge in [0.2, 0.25) is 5.91 Å². The fourth-order valence-electron chi connectivity index (χ4n) is 3.17. The van der Waals surface area contributed by atoms with Gasteiger partial charge in [0.25, 0.3) is 0 Å². The predicted molar refractivity (Wildman–Crippen MR) is 67.5 cm³/mol. The fourth-order valence-corrected chi connectivity index (χ4v) is 3.17. The van der Waals surface area contributed by atoms with E-state index < -0.39 is 0 Å². The monoisotopic (exact) mass is 246 g/mol. The maximum Gasteiger partial charge on any atom is 0.236 e. The Morgan fingerprint density at radius 1 is 1.25 bits per heavy atom. The summed E-state index contributed by atoms with van der Waals surface area (Å²) in [6, 6.07) is 0.0224. The highest BCUT2D eigenvalue weighted by molar-refractivity contribution is 5.85. The largest absolute Gasteiger partial charge is 0.352 e. The van der Waals surface area contributed by atoms with Gasteiger partial charge in [-0.25, -0.2) is 0 Å². The normalized spacial score (nSPS) is 34.8. The van der Waals surface area contributed by atoms with Gasteiger partial charge < -0.3 is 11.1 Å². The van der Waals surface area contributed by atoms with Gasteiger partial charge in [0, 0.05) is 6.04 Å². The molecule has 0 heterocycles. The summed E-state index contributed by atoms with van der Waals surface area (Å²) in [6.45, 7) is 1.75. The zero-order chi connectivity index (χ0) is 10.8. The molecule has 4 atom stereocenters. The SMILES string of the molecule is CC(N)C(=O)NC1CCC2CCCC2C1.Cl. The number of fused-ring (bicyclic) bond motifs is 1. The van der Waals surface area contributed by atoms with E-state index in [-0.39, 0.29) is 24.4 Å². The minimum Gasteiger partial charge on any atom is -0.352 e. The number of rotatable bonds is 2. The van der Waals surface area contributed by atoms with Crippen molar-refractivity contribution in [3.8, 4) is 0 Å². The summed E-state index contributed by atoms with van der Waals surface area (Å²) in [5, 5.41) is 3.07. The highest BCUT2D eigenvalue weighted by atomic mass is 35.5. The average molecular weight is 247 g/mol. The van der Waals surface area contributed by atoms with Gasteiger partial charge >= 0.3 is 0 Å². The molecule has 2 aliphatic rings. The predicted octanol–water partition coefficient (Wildman–Crippen LogP) is 1.84. The lowest BCUT2D eigenvalue weighted by molar-refractivity contribution is -0.123. The summed E-state index contributed by atoms with van der Waals surface area (Å²) < 4.78 is 0. The topological polar surface area (TPSA) is 55.1 Å². The second-order valence-corrected chi connectivity index (χ2v) is 5.26. The van der Waals surface area contributed by atoms with E-state index in [1.165, 1.54) is 32.1 Å². The zero-order valence-electron chi connectivity index (χ0n) is 9.95. The van der Waals surface area contributed by atoms with E-state index in [2.05, 4.69) is 5.32 Å². The first-order valence-corrected chi connectivity index (χ1v) is 6.22. The van der Waals surface area contributed by atoms with Crippen LogP contribution in [-0.4, -0.2) is 18.0 Å². The number of carbonyl (C=O) groups excluding carboxylic acids is 1. The second-order valence-electron chi connectivity index (χ2n) is 5.26. The van der Waals surface area contributed by atoms with Crippen LogP contribution in [0.2, 0.25) is 0 Å². The molecule has 4 heteroatoms. The minimum atomic E-state index is -0.369. The van der Waals surface area contributed by atoms with E-state index >= 15 is 0 Å². The van der Waals surface area contributed by atoms with Crippen molar-refractivity contribution in [3.63, 3.8) is 0 Å². The van der Waals surface area contributed by atoms with Gasteiger partial charge in [-0.05, 0) is 38.0 Å². The van der Waals surface area contributed by atoms with Gasteiger partial charge in [0.05, 0.1) is 6.04 Å². The molecule has 94 valence electrons. The average Bonchev–Trinajstić information content (AvgIpc) is 2.64. The van der Waals surface area contributed by atoms with Gasteiger partial charge in [0.15, 0.2) is 0 Å². The summed E-state index contributed by atoms with van der Waals surface area (Å²) in [7, 11) is 0. The molecule has 0 spiro atoms. The Hall–Kier alpha value is -0.280. The molecular weight excluding hydrogens is 224 g/mol. The van der Waals surface area contributed by atoms with E-state index in [0.29, 0.717) is 6.04 Å². The van der Waals surface area contributed by atoms with E-state index in [4.69, 9.17) is 5.73 Å². The van der Waals surface area contributed by atoms with Crippen LogP contribution in [0.1, 0.15) is 45.4 Å². The second kappa shape index (κ2) is 5.87. The molecule has 3 N–H and O–H groups in total. The van der Waals surface area contributed by atoms with Gasteiger partial charge in [-0.15, -0.1) is 12.4 Å². The van der Waals surface area contributed by atoms with Gasteiger partial charge in [-0.3, -0.25) is 4.79 Å². The lowest BCUT2D eigenvalue weighted by Gasteiger charge is -2.32. The molecular formula is C12H23ClN2O. The Kier molecular flexibility index (Phi) is 5.06. The molecule has 2 aliphatic carbocycles. The molecule has 0 aromatic heterocycles. The molecule has 1 amide bonds. The summed E-state index contributed by atoms with van der Waals surface area (Å²) in [4.78, 5) is 11.5. The highest BCUT2D eigenvalue weighted by Gasteiger charge is 2.34. The van der Waals surface area contributed by atoms with Crippen molar-refractivity contribution >= 4 is 18.3 Å². The summed E-state index contributed by atoms with van der Waals surface area (Å²) in [6.07, 6.45) is 7.81. The van der Waals surface area contributed by atoms with Crippen molar-refractivity contribution in [2.75, 3.05) is 0 Å². The number of nitrogens with two attached hydrogens (primary N) is 1. The maximum absolute atomic E-state index is 11.5. The molecule has 2 saturated carbocycles. The maximum atomic E-state index is 11.5. The van der Waals surface area contributed by atoms with Crippen molar-refractivity contribution in [2.45, 2.75) is 57.5 Å². The summed E-state index contributed by atoms with van der Waals surface area (Å²) in [5.41, 5.74) is 5.55. The van der Waals surface area contributed by atoms with Crippen LogP contribution in [0.5, 0.6) is 0 Å². The van der Waals surface area contributed by atoms with Gasteiger partial charge in [-0.2, -0.15) is 0 Å². The van der Waals surface area contributed by atoms with Crippen molar-refractivity contribution in [3.05, 3.63) is 0 Å². The van der Waals surface area contributed by atoms with Crippen LogP contribution in [0, 0.1) is 11.8 Å². The number of hydrogen-bond acceptors (Lipinski definition) is 2. The Morgan fingerprint density at radius 3 is 2.62 bits per heavy atom. The molecule has 4 unspecified atom stereocenters. The Morgan fingerprint density at radius 2 is 1.94 bits per heavy atom. The first kappa shape index (κ1) is 13.8. The Labute approximate surface area is 104 Å². The van der Waals surface area contributed by atoms with Crippen LogP contribution in [0.25, 0.3) is 0 Å². The first-order valence-electron chi connectivity index (χ1n) is 6.22. The molecule has 3 nitrogen and oxygen atoms in total. The van der Waals surface area contributed by atoms with Crippen molar-refractivity contribution in [1.82, 2.24) is 5.32 Å². The molecule has 0 bridgehead atoms. The van der Waals surface area contributed by atoms with Crippen LogP contribution in [0.15, 0.2) is 0 Å². The number of halogens is 1. The van der Waals surface area contributed by atoms with Gasteiger partial charge in [0.1, 0.15) is 0 Å². The number of hydrogen-bond donors (Lipinski definition) is 2. The van der Waals surface area contributed by atoms with Crippen LogP contribution in [0.3, 0.4) is 0 Å². The standard InChI is InChI=1S/C12H22N2O.ClH/c1-8(13)12(15)14-11-6-5-9-3-2-4-10(9)7-11;/h8-11H,2-7,13H2,1H3,(H,14,15);1H. The third-order valence-electron chi connectivity index (χ3n) is 4.05. The molecule has 16 heavy (non-hydrogen) atoms. The fraction of sp³-hybridized carbons (Fsp3) is 0.917. The van der Waals surface area contributed by atoms with Crippen LogP contribution >= 0.6 is 12.4 Å². The molecule has 0 radical (unpaired) electrons. The molecule has 0 aromatic rings. The van der Waals surface area contributed by atoms with E-state index in [1.54, 1.807) is 6.92 Å². The van der Waals surface area contributed by atoms with Crippen LogP contribution < -0.4 is 11.1 Å². The highest BCUT2D eigenvalue weighted by Crippen LogP contribution is 2.41. The van der Waals surface area contributed by atoms with Crippen LogP contribution in [0.4, 0.5) is 0 Å². The first-order chi connectivity index (χ1) is 7.16. The van der Waals surface area contributed by atoms with E-state index in [0.717, 1.165) is 18.3 Å². The van der Waals surface area contributed by atoms with Gasteiger partial charge in [-0.1, -0.05) is 19.3 Å². The lowest BCUT2D eigenvalue weighted by atomic mass is 9.79. The summed E-state index contributed by atoms with van der Waals surface area (Å²) in [5.74, 6) is 1.84. The van der Waals surface area contributed by atoms with Crippen molar-refractivity contribution in [1.29, 1.82) is 0 Å². The molecule has 0 saturated heterocycles. The van der Waals surface area contributed by atoms with Crippen molar-refractivity contribution < 1.29 is 4.79 Å². The number of amides is 1. The molecule has 2 rings (SSSR count).